The molecule has 1 aromatic heterocycles. The number of hydrogen-bond donors (Lipinski definition) is 2. The highest BCUT2D eigenvalue weighted by atomic mass is 15.6. The average molecular weight is 246 g/mol. The van der Waals surface area contributed by atoms with Gasteiger partial charge in [-0.15, -0.1) is 10.2 Å². The van der Waals surface area contributed by atoms with Crippen LogP contribution in [-0.2, 0) is 13.5 Å². The Morgan fingerprint density at radius 1 is 1.39 bits per heavy atom. The van der Waals surface area contributed by atoms with Crippen molar-refractivity contribution in [2.75, 3.05) is 0 Å². The van der Waals surface area contributed by atoms with Crippen LogP contribution in [-0.4, -0.2) is 20.2 Å². The van der Waals surface area contributed by atoms with Gasteiger partial charge in [0.2, 0.25) is 0 Å². The molecule has 1 unspecified atom stereocenters. The normalized spacial score (nSPS) is 12.7. The third-order valence-electron chi connectivity index (χ3n) is 3.16. The molecule has 0 bridgehead atoms. The zero-order chi connectivity index (χ0) is 13.1. The van der Waals surface area contributed by atoms with Crippen LogP contribution >= 0.6 is 0 Å². The molecule has 18 heavy (non-hydrogen) atoms. The van der Waals surface area contributed by atoms with Crippen molar-refractivity contribution >= 4 is 0 Å². The molecule has 0 aliphatic carbocycles. The highest BCUT2D eigenvalue weighted by molar-refractivity contribution is 5.35. The van der Waals surface area contributed by atoms with Gasteiger partial charge >= 0.3 is 0 Å². The monoisotopic (exact) mass is 246 g/mol. The van der Waals surface area contributed by atoms with E-state index in [0.29, 0.717) is 12.2 Å². The van der Waals surface area contributed by atoms with Crippen molar-refractivity contribution in [2.45, 2.75) is 26.3 Å². The fourth-order valence-corrected chi connectivity index (χ4v) is 2.00. The molecular formula is C12H18N6. The van der Waals surface area contributed by atoms with E-state index in [1.807, 2.05) is 6.07 Å². The van der Waals surface area contributed by atoms with E-state index in [-0.39, 0.29) is 6.04 Å². The third-order valence-corrected chi connectivity index (χ3v) is 3.16. The number of hydrazine groups is 1. The lowest BCUT2D eigenvalue weighted by molar-refractivity contribution is 0.533. The molecule has 0 fully saturated rings. The van der Waals surface area contributed by atoms with Gasteiger partial charge in [-0.05, 0) is 35.8 Å². The molecule has 0 amide bonds. The smallest absolute Gasteiger partial charge is 0.176 e. The van der Waals surface area contributed by atoms with Crippen LogP contribution in [0.4, 0.5) is 0 Å². The summed E-state index contributed by atoms with van der Waals surface area (Å²) >= 11 is 0. The number of aromatic nitrogens is 4. The highest BCUT2D eigenvalue weighted by Crippen LogP contribution is 2.22. The van der Waals surface area contributed by atoms with E-state index in [0.717, 1.165) is 0 Å². The first-order valence-electron chi connectivity index (χ1n) is 5.87. The fourth-order valence-electron chi connectivity index (χ4n) is 2.00. The Kier molecular flexibility index (Phi) is 3.69. The van der Waals surface area contributed by atoms with E-state index in [1.165, 1.54) is 21.5 Å². The van der Waals surface area contributed by atoms with Gasteiger partial charge in [-0.25, -0.2) is 0 Å². The van der Waals surface area contributed by atoms with Crippen LogP contribution in [0.15, 0.2) is 18.2 Å². The fraction of sp³-hybridized carbons (Fsp3) is 0.417. The van der Waals surface area contributed by atoms with Crippen molar-refractivity contribution in [2.24, 2.45) is 12.9 Å². The summed E-state index contributed by atoms with van der Waals surface area (Å²) in [7, 11) is 1.75. The molecule has 2 rings (SSSR count). The highest BCUT2D eigenvalue weighted by Gasteiger charge is 2.16. The maximum atomic E-state index is 5.65. The minimum absolute atomic E-state index is 0.00546. The lowest BCUT2D eigenvalue weighted by Crippen LogP contribution is -2.30. The second-order valence-corrected chi connectivity index (χ2v) is 4.41. The van der Waals surface area contributed by atoms with E-state index in [4.69, 9.17) is 5.84 Å². The molecule has 6 heteroatoms. The first-order chi connectivity index (χ1) is 8.61. The predicted octanol–water partition coefficient (Wildman–Crippen LogP) is 0.574. The Hall–Kier alpha value is -1.79. The number of tetrazole rings is 1. The summed E-state index contributed by atoms with van der Waals surface area (Å²) < 4.78 is 0. The van der Waals surface area contributed by atoms with E-state index in [2.05, 4.69) is 46.8 Å². The van der Waals surface area contributed by atoms with Crippen molar-refractivity contribution in [3.8, 4) is 0 Å². The van der Waals surface area contributed by atoms with Gasteiger partial charge in [-0.2, -0.15) is 4.80 Å². The molecule has 96 valence electrons. The van der Waals surface area contributed by atoms with Crippen LogP contribution in [0, 0.1) is 13.8 Å². The summed E-state index contributed by atoms with van der Waals surface area (Å²) in [6.07, 6.45) is 0.620. The van der Waals surface area contributed by atoms with Gasteiger partial charge in [-0.3, -0.25) is 11.3 Å². The zero-order valence-electron chi connectivity index (χ0n) is 10.9. The lowest BCUT2D eigenvalue weighted by Gasteiger charge is -2.18. The van der Waals surface area contributed by atoms with Gasteiger partial charge in [0.25, 0.3) is 0 Å². The van der Waals surface area contributed by atoms with Crippen LogP contribution in [0.1, 0.15) is 28.6 Å². The van der Waals surface area contributed by atoms with Gasteiger partial charge in [0.15, 0.2) is 5.82 Å². The standard InChI is InChI=1S/C12H18N6/c1-8-5-4-6-10(9(8)2)11(14-13)7-12-15-17-18(3)16-12/h4-6,11,14H,7,13H2,1-3H3. The lowest BCUT2D eigenvalue weighted by atomic mass is 9.96. The van der Waals surface area contributed by atoms with Gasteiger partial charge < -0.3 is 0 Å². The first-order valence-corrected chi connectivity index (χ1v) is 5.87. The van der Waals surface area contributed by atoms with Gasteiger partial charge in [0, 0.05) is 6.42 Å². The van der Waals surface area contributed by atoms with Crippen molar-refractivity contribution in [3.05, 3.63) is 40.7 Å². The Bertz CT molecular complexity index is 533. The molecule has 2 aromatic rings. The van der Waals surface area contributed by atoms with Crippen molar-refractivity contribution < 1.29 is 0 Å². The SMILES string of the molecule is Cc1cccc(C(Cc2nnn(C)n2)NN)c1C. The summed E-state index contributed by atoms with van der Waals surface area (Å²) in [6, 6.07) is 6.19. The van der Waals surface area contributed by atoms with Crippen LogP contribution < -0.4 is 11.3 Å². The first kappa shape index (κ1) is 12.7. The zero-order valence-corrected chi connectivity index (χ0v) is 10.9. The number of hydrogen-bond acceptors (Lipinski definition) is 5. The average Bonchev–Trinajstić information content (AvgIpc) is 2.76. The molecule has 1 heterocycles. The van der Waals surface area contributed by atoms with E-state index in [9.17, 15) is 0 Å². The van der Waals surface area contributed by atoms with Crippen molar-refractivity contribution in [3.63, 3.8) is 0 Å². The van der Waals surface area contributed by atoms with E-state index in [1.54, 1.807) is 7.05 Å². The molecule has 1 atom stereocenters. The molecular weight excluding hydrogens is 228 g/mol. The maximum Gasteiger partial charge on any atom is 0.176 e. The van der Waals surface area contributed by atoms with Crippen molar-refractivity contribution in [1.29, 1.82) is 0 Å². The number of nitrogens with two attached hydrogens (primary N) is 1. The Morgan fingerprint density at radius 3 is 2.78 bits per heavy atom. The topological polar surface area (TPSA) is 81.7 Å². The van der Waals surface area contributed by atoms with Crippen LogP contribution in [0.3, 0.4) is 0 Å². The number of aryl methyl sites for hydroxylation is 2. The summed E-state index contributed by atoms with van der Waals surface area (Å²) in [4.78, 5) is 1.45. The second kappa shape index (κ2) is 5.24. The largest absolute Gasteiger partial charge is 0.271 e. The summed E-state index contributed by atoms with van der Waals surface area (Å²) in [5.41, 5.74) is 6.49. The van der Waals surface area contributed by atoms with Gasteiger partial charge in [0.1, 0.15) is 0 Å². The van der Waals surface area contributed by atoms with Gasteiger partial charge in [0.05, 0.1) is 13.1 Å². The number of nitrogens with zero attached hydrogens (tertiary/aromatic N) is 4. The quantitative estimate of drug-likeness (QED) is 0.609. The molecule has 0 aliphatic rings. The number of nitrogens with one attached hydrogen (secondary N) is 1. The maximum absolute atomic E-state index is 5.65. The van der Waals surface area contributed by atoms with Gasteiger partial charge in [-0.1, -0.05) is 18.2 Å². The minimum atomic E-state index is -0.00546. The second-order valence-electron chi connectivity index (χ2n) is 4.41. The molecule has 0 saturated heterocycles. The molecule has 0 radical (unpaired) electrons. The minimum Gasteiger partial charge on any atom is -0.271 e. The Balaban J connectivity index is 2.25. The Morgan fingerprint density at radius 2 is 2.17 bits per heavy atom. The third kappa shape index (κ3) is 2.55. The number of benzene rings is 1. The molecule has 0 saturated carbocycles. The van der Waals surface area contributed by atoms with Crippen LogP contribution in [0.5, 0.6) is 0 Å². The summed E-state index contributed by atoms with van der Waals surface area (Å²) in [6.45, 7) is 4.19. The van der Waals surface area contributed by atoms with E-state index < -0.39 is 0 Å². The van der Waals surface area contributed by atoms with Crippen molar-refractivity contribution in [1.82, 2.24) is 25.6 Å². The molecule has 3 N–H and O–H groups in total. The molecule has 0 spiro atoms. The van der Waals surface area contributed by atoms with Crippen LogP contribution in [0.2, 0.25) is 0 Å². The summed E-state index contributed by atoms with van der Waals surface area (Å²) in [5, 5.41) is 12.0. The number of rotatable bonds is 4. The molecule has 0 aliphatic heterocycles. The molecule has 6 nitrogen and oxygen atoms in total. The van der Waals surface area contributed by atoms with E-state index >= 15 is 0 Å². The summed E-state index contributed by atoms with van der Waals surface area (Å²) in [5.74, 6) is 6.33. The molecule has 1 aromatic carbocycles. The Labute approximate surface area is 106 Å². The van der Waals surface area contributed by atoms with Crippen LogP contribution in [0.25, 0.3) is 0 Å². The predicted molar refractivity (Wildman–Crippen MR) is 68.5 cm³/mol.